The van der Waals surface area contributed by atoms with Crippen LogP contribution >= 0.6 is 0 Å². The average molecular weight is 208 g/mol. The maximum Gasteiger partial charge on any atom is 0.326 e. The molecule has 4 heteroatoms. The van der Waals surface area contributed by atoms with E-state index in [1.807, 2.05) is 10.8 Å². The number of hydrogen-bond donors (Lipinski definition) is 1. The fourth-order valence-electron chi connectivity index (χ4n) is 2.15. The first-order chi connectivity index (χ1) is 7.22. The van der Waals surface area contributed by atoms with Gasteiger partial charge < -0.3 is 9.67 Å². The van der Waals surface area contributed by atoms with E-state index < -0.39 is 12.0 Å². The highest BCUT2D eigenvalue weighted by atomic mass is 16.4. The number of aryl methyl sites for hydroxylation is 2. The van der Waals surface area contributed by atoms with Crippen molar-refractivity contribution in [3.63, 3.8) is 0 Å². The second-order valence-electron chi connectivity index (χ2n) is 4.05. The third-order valence-electron chi connectivity index (χ3n) is 2.86. The highest BCUT2D eigenvalue weighted by molar-refractivity contribution is 5.72. The zero-order valence-corrected chi connectivity index (χ0v) is 8.94. The maximum absolute atomic E-state index is 11.0. The Labute approximate surface area is 88.9 Å². The Morgan fingerprint density at radius 1 is 1.73 bits per heavy atom. The van der Waals surface area contributed by atoms with Gasteiger partial charge in [0.05, 0.1) is 5.69 Å². The zero-order valence-electron chi connectivity index (χ0n) is 8.94. The Kier molecular flexibility index (Phi) is 2.75. The van der Waals surface area contributed by atoms with E-state index in [1.165, 1.54) is 0 Å². The molecule has 15 heavy (non-hydrogen) atoms. The molecule has 0 amide bonds. The van der Waals surface area contributed by atoms with Gasteiger partial charge in [-0.2, -0.15) is 0 Å². The normalized spacial score (nSPS) is 19.9. The van der Waals surface area contributed by atoms with Crippen molar-refractivity contribution in [1.82, 2.24) is 9.55 Å². The van der Waals surface area contributed by atoms with Crippen molar-refractivity contribution in [2.24, 2.45) is 0 Å². The lowest BCUT2D eigenvalue weighted by atomic mass is 10.1. The van der Waals surface area contributed by atoms with Crippen LogP contribution in [0.4, 0.5) is 0 Å². The Morgan fingerprint density at radius 3 is 3.20 bits per heavy atom. The van der Waals surface area contributed by atoms with Gasteiger partial charge >= 0.3 is 5.97 Å². The van der Waals surface area contributed by atoms with E-state index in [-0.39, 0.29) is 0 Å². The highest BCUT2D eigenvalue weighted by Gasteiger charge is 2.26. The second kappa shape index (κ2) is 4.04. The van der Waals surface area contributed by atoms with Gasteiger partial charge in [-0.15, -0.1) is 0 Å². The number of hydrogen-bond acceptors (Lipinski definition) is 2. The fourth-order valence-corrected chi connectivity index (χ4v) is 2.15. The molecule has 0 saturated carbocycles. The predicted molar refractivity (Wildman–Crippen MR) is 55.8 cm³/mol. The summed E-state index contributed by atoms with van der Waals surface area (Å²) in [5, 5.41) is 9.08. The van der Waals surface area contributed by atoms with Crippen LogP contribution in [-0.4, -0.2) is 20.6 Å². The van der Waals surface area contributed by atoms with Crippen LogP contribution in [0, 0.1) is 0 Å². The van der Waals surface area contributed by atoms with Gasteiger partial charge in [-0.1, -0.05) is 13.3 Å². The van der Waals surface area contributed by atoms with Crippen LogP contribution in [0.3, 0.4) is 0 Å². The number of nitrogens with zero attached hydrogens (tertiary/aromatic N) is 2. The van der Waals surface area contributed by atoms with Gasteiger partial charge in [-0.05, 0) is 19.3 Å². The third kappa shape index (κ3) is 1.89. The number of aromatic nitrogens is 2. The molecule has 0 radical (unpaired) electrons. The lowest BCUT2D eigenvalue weighted by Crippen LogP contribution is -2.24. The molecule has 0 bridgehead atoms. The zero-order chi connectivity index (χ0) is 10.8. The van der Waals surface area contributed by atoms with Crippen LogP contribution in [-0.2, 0) is 17.6 Å². The van der Waals surface area contributed by atoms with Crippen LogP contribution in [0.1, 0.15) is 43.7 Å². The highest BCUT2D eigenvalue weighted by Crippen LogP contribution is 2.25. The molecule has 0 saturated heterocycles. The largest absolute Gasteiger partial charge is 0.480 e. The Balaban J connectivity index is 2.30. The van der Waals surface area contributed by atoms with Crippen molar-refractivity contribution in [1.29, 1.82) is 0 Å². The molecule has 1 aromatic heterocycles. The van der Waals surface area contributed by atoms with E-state index in [0.717, 1.165) is 43.6 Å². The van der Waals surface area contributed by atoms with Crippen molar-refractivity contribution in [3.8, 4) is 0 Å². The minimum Gasteiger partial charge on any atom is -0.480 e. The van der Waals surface area contributed by atoms with Gasteiger partial charge in [0.25, 0.3) is 0 Å². The standard InChI is InChI=1S/C11H16N2O2/c1-2-4-8-7-13-9(11(14)15)5-3-6-10(13)12-8/h7,9H,2-6H2,1H3,(H,14,15). The summed E-state index contributed by atoms with van der Waals surface area (Å²) in [7, 11) is 0. The maximum atomic E-state index is 11.0. The number of carboxylic acid groups (broad SMARTS) is 1. The van der Waals surface area contributed by atoms with Crippen LogP contribution in [0.5, 0.6) is 0 Å². The molecule has 1 aliphatic rings. The summed E-state index contributed by atoms with van der Waals surface area (Å²) in [4.78, 5) is 15.5. The molecular formula is C11H16N2O2. The first-order valence-corrected chi connectivity index (χ1v) is 5.51. The van der Waals surface area contributed by atoms with E-state index in [4.69, 9.17) is 5.11 Å². The second-order valence-corrected chi connectivity index (χ2v) is 4.05. The molecule has 0 spiro atoms. The molecule has 1 aromatic rings. The van der Waals surface area contributed by atoms with Gasteiger partial charge in [0.15, 0.2) is 0 Å². The topological polar surface area (TPSA) is 55.1 Å². The smallest absolute Gasteiger partial charge is 0.326 e. The summed E-state index contributed by atoms with van der Waals surface area (Å²) < 4.78 is 1.84. The molecule has 0 fully saturated rings. The summed E-state index contributed by atoms with van der Waals surface area (Å²) in [6.07, 6.45) is 6.47. The van der Waals surface area contributed by atoms with Gasteiger partial charge in [0.2, 0.25) is 0 Å². The molecule has 1 aliphatic heterocycles. The molecule has 2 heterocycles. The van der Waals surface area contributed by atoms with E-state index in [9.17, 15) is 4.79 Å². The number of rotatable bonds is 3. The number of fused-ring (bicyclic) bond motifs is 1. The quantitative estimate of drug-likeness (QED) is 0.824. The molecule has 1 N–H and O–H groups in total. The van der Waals surface area contributed by atoms with Gasteiger partial charge in [-0.3, -0.25) is 0 Å². The minimum atomic E-state index is -0.739. The van der Waals surface area contributed by atoms with Crippen LogP contribution in [0.15, 0.2) is 6.20 Å². The summed E-state index contributed by atoms with van der Waals surface area (Å²) in [5.74, 6) is 0.202. The van der Waals surface area contributed by atoms with Crippen molar-refractivity contribution in [3.05, 3.63) is 17.7 Å². The van der Waals surface area contributed by atoms with Gasteiger partial charge in [0, 0.05) is 12.6 Å². The molecule has 1 unspecified atom stereocenters. The molecule has 1 atom stereocenters. The number of carbonyl (C=O) groups is 1. The Morgan fingerprint density at radius 2 is 2.53 bits per heavy atom. The molecule has 2 rings (SSSR count). The lowest BCUT2D eigenvalue weighted by Gasteiger charge is -2.20. The summed E-state index contributed by atoms with van der Waals surface area (Å²) in [6, 6.07) is -0.396. The van der Waals surface area contributed by atoms with Crippen LogP contribution in [0.2, 0.25) is 0 Å². The van der Waals surface area contributed by atoms with E-state index in [0.29, 0.717) is 0 Å². The lowest BCUT2D eigenvalue weighted by molar-refractivity contribution is -0.141. The van der Waals surface area contributed by atoms with E-state index in [2.05, 4.69) is 11.9 Å². The summed E-state index contributed by atoms with van der Waals surface area (Å²) in [5.41, 5.74) is 1.03. The van der Waals surface area contributed by atoms with Gasteiger partial charge in [0.1, 0.15) is 11.9 Å². The fraction of sp³-hybridized carbons (Fsp3) is 0.636. The molecule has 0 aromatic carbocycles. The monoisotopic (exact) mass is 208 g/mol. The summed E-state index contributed by atoms with van der Waals surface area (Å²) in [6.45, 7) is 2.10. The van der Waals surface area contributed by atoms with Crippen LogP contribution in [0.25, 0.3) is 0 Å². The number of carboxylic acids is 1. The molecule has 82 valence electrons. The van der Waals surface area contributed by atoms with Gasteiger partial charge in [-0.25, -0.2) is 9.78 Å². The Bertz CT molecular complexity index is 371. The molecule has 4 nitrogen and oxygen atoms in total. The van der Waals surface area contributed by atoms with Crippen molar-refractivity contribution in [2.45, 2.75) is 45.1 Å². The third-order valence-corrected chi connectivity index (χ3v) is 2.86. The SMILES string of the molecule is CCCc1cn2c(n1)CCCC2C(=O)O. The van der Waals surface area contributed by atoms with Crippen molar-refractivity contribution in [2.75, 3.05) is 0 Å². The van der Waals surface area contributed by atoms with E-state index >= 15 is 0 Å². The minimum absolute atomic E-state index is 0.396. The van der Waals surface area contributed by atoms with Crippen molar-refractivity contribution < 1.29 is 9.90 Å². The van der Waals surface area contributed by atoms with E-state index in [1.54, 1.807) is 0 Å². The van der Waals surface area contributed by atoms with Crippen LogP contribution < -0.4 is 0 Å². The predicted octanol–water partition coefficient (Wildman–Crippen LogP) is 1.80. The number of imidazole rings is 1. The average Bonchev–Trinajstić information content (AvgIpc) is 2.59. The first-order valence-electron chi connectivity index (χ1n) is 5.51. The number of aliphatic carboxylic acids is 1. The first kappa shape index (κ1) is 10.2. The Hall–Kier alpha value is -1.32. The molecular weight excluding hydrogens is 192 g/mol. The molecule has 0 aliphatic carbocycles. The summed E-state index contributed by atoms with van der Waals surface area (Å²) >= 11 is 0. The van der Waals surface area contributed by atoms with Crippen molar-refractivity contribution >= 4 is 5.97 Å².